The van der Waals surface area contributed by atoms with Gasteiger partial charge in [-0.1, -0.05) is 0 Å². The summed E-state index contributed by atoms with van der Waals surface area (Å²) in [7, 11) is 0. The maximum Gasteiger partial charge on any atom is 0.165 e. The minimum atomic E-state index is 0.390. The first kappa shape index (κ1) is 7.87. The topological polar surface area (TPSA) is 46.0 Å². The lowest BCUT2D eigenvalue weighted by Gasteiger charge is -2.05. The molecule has 0 saturated heterocycles. The molecule has 0 saturated carbocycles. The van der Waals surface area contributed by atoms with Gasteiger partial charge in [0.2, 0.25) is 0 Å². The molecule has 2 rings (SSSR count). The third-order valence-corrected chi connectivity index (χ3v) is 2.02. The summed E-state index contributed by atoms with van der Waals surface area (Å²) in [5.41, 5.74) is 1.43. The van der Waals surface area contributed by atoms with E-state index in [4.69, 9.17) is 5.26 Å². The van der Waals surface area contributed by atoms with Gasteiger partial charge in [0.05, 0.1) is 0 Å². The van der Waals surface area contributed by atoms with Gasteiger partial charge in [-0.2, -0.15) is 10.4 Å². The van der Waals surface area contributed by atoms with Crippen molar-refractivity contribution in [2.24, 2.45) is 0 Å². The molecule has 0 spiro atoms. The van der Waals surface area contributed by atoms with E-state index in [1.807, 2.05) is 18.5 Å². The van der Waals surface area contributed by atoms with Crippen LogP contribution in [0.5, 0.6) is 0 Å². The highest BCUT2D eigenvalue weighted by Crippen LogP contribution is 2.13. The number of imidazole rings is 1. The molecule has 0 aliphatic rings. The minimum absolute atomic E-state index is 0.390. The predicted molar refractivity (Wildman–Crippen MR) is 48.3 cm³/mol. The lowest BCUT2D eigenvalue weighted by atomic mass is 10.4. The Morgan fingerprint density at radius 1 is 1.46 bits per heavy atom. The fourth-order valence-corrected chi connectivity index (χ4v) is 1.39. The van der Waals surface area contributed by atoms with Crippen LogP contribution >= 0.6 is 0 Å². The molecule has 0 aliphatic heterocycles. The van der Waals surface area contributed by atoms with Gasteiger partial charge in [-0.3, -0.25) is 0 Å². The van der Waals surface area contributed by atoms with Gasteiger partial charge in [0.25, 0.3) is 0 Å². The molecule has 66 valence electrons. The maximum atomic E-state index is 8.65. The van der Waals surface area contributed by atoms with E-state index in [9.17, 15) is 0 Å². The van der Waals surface area contributed by atoms with Gasteiger partial charge in [0.1, 0.15) is 11.7 Å². The average molecular weight is 174 g/mol. The summed E-state index contributed by atoms with van der Waals surface area (Å²) < 4.78 is 3.80. The Balaban J connectivity index is 2.67. The van der Waals surface area contributed by atoms with E-state index in [0.29, 0.717) is 11.7 Å². The van der Waals surface area contributed by atoms with Crippen molar-refractivity contribution in [2.45, 2.75) is 19.9 Å². The SMILES string of the molecule is CC(C)n1ccn2nc(C#N)cc12. The van der Waals surface area contributed by atoms with Crippen molar-refractivity contribution in [2.75, 3.05) is 0 Å². The summed E-state index contributed by atoms with van der Waals surface area (Å²) >= 11 is 0. The molecule has 0 unspecified atom stereocenters. The van der Waals surface area contributed by atoms with Crippen LogP contribution < -0.4 is 0 Å². The Morgan fingerprint density at radius 2 is 2.23 bits per heavy atom. The molecular formula is C9H10N4. The fourth-order valence-electron chi connectivity index (χ4n) is 1.39. The standard InChI is InChI=1S/C9H10N4/c1-7(2)12-3-4-13-9(12)5-8(6-10)11-13/h3-5,7H,1-2H3. The molecule has 0 N–H and O–H groups in total. The van der Waals surface area contributed by atoms with E-state index in [1.54, 1.807) is 10.6 Å². The quantitative estimate of drug-likeness (QED) is 0.659. The van der Waals surface area contributed by atoms with Crippen LogP contribution in [0.1, 0.15) is 25.6 Å². The number of hydrogen-bond donors (Lipinski definition) is 0. The Bertz CT molecular complexity index is 469. The van der Waals surface area contributed by atoms with Crippen molar-refractivity contribution in [3.63, 3.8) is 0 Å². The minimum Gasteiger partial charge on any atom is -0.329 e. The average Bonchev–Trinajstić information content (AvgIpc) is 2.59. The van der Waals surface area contributed by atoms with Crippen LogP contribution in [-0.4, -0.2) is 14.2 Å². The summed E-state index contributed by atoms with van der Waals surface area (Å²) in [6, 6.07) is 4.20. The van der Waals surface area contributed by atoms with Gasteiger partial charge in [-0.25, -0.2) is 4.52 Å². The van der Waals surface area contributed by atoms with Crippen LogP contribution in [0.15, 0.2) is 18.5 Å². The highest BCUT2D eigenvalue weighted by Gasteiger charge is 2.06. The van der Waals surface area contributed by atoms with Crippen LogP contribution in [0.4, 0.5) is 0 Å². The number of nitriles is 1. The normalized spacial score (nSPS) is 10.9. The van der Waals surface area contributed by atoms with Crippen molar-refractivity contribution < 1.29 is 0 Å². The molecule has 2 aromatic heterocycles. The lowest BCUT2D eigenvalue weighted by molar-refractivity contribution is 0.619. The number of rotatable bonds is 1. The van der Waals surface area contributed by atoms with E-state index in [2.05, 4.69) is 23.5 Å². The molecule has 4 nitrogen and oxygen atoms in total. The van der Waals surface area contributed by atoms with Crippen LogP contribution in [0.2, 0.25) is 0 Å². The molecule has 2 heterocycles. The Kier molecular flexibility index (Phi) is 1.59. The molecule has 0 atom stereocenters. The molecular weight excluding hydrogens is 164 g/mol. The Morgan fingerprint density at radius 3 is 2.85 bits per heavy atom. The molecule has 0 aromatic carbocycles. The van der Waals surface area contributed by atoms with E-state index >= 15 is 0 Å². The first-order chi connectivity index (χ1) is 6.22. The number of fused-ring (bicyclic) bond motifs is 1. The Hall–Kier alpha value is -1.76. The maximum absolute atomic E-state index is 8.65. The first-order valence-electron chi connectivity index (χ1n) is 4.18. The van der Waals surface area contributed by atoms with Gasteiger partial charge in [-0.05, 0) is 13.8 Å². The van der Waals surface area contributed by atoms with Gasteiger partial charge in [0.15, 0.2) is 5.69 Å². The molecule has 0 amide bonds. The van der Waals surface area contributed by atoms with Crippen molar-refractivity contribution in [3.8, 4) is 6.07 Å². The van der Waals surface area contributed by atoms with Gasteiger partial charge in [0, 0.05) is 24.5 Å². The van der Waals surface area contributed by atoms with Crippen molar-refractivity contribution in [1.82, 2.24) is 14.2 Å². The van der Waals surface area contributed by atoms with Gasteiger partial charge >= 0.3 is 0 Å². The van der Waals surface area contributed by atoms with Crippen LogP contribution in [0.25, 0.3) is 5.65 Å². The Labute approximate surface area is 76.0 Å². The third kappa shape index (κ3) is 1.09. The predicted octanol–water partition coefficient (Wildman–Crippen LogP) is 1.59. The summed E-state index contributed by atoms with van der Waals surface area (Å²) in [6.07, 6.45) is 3.82. The zero-order valence-electron chi connectivity index (χ0n) is 7.60. The van der Waals surface area contributed by atoms with Crippen LogP contribution in [0, 0.1) is 11.3 Å². The van der Waals surface area contributed by atoms with E-state index in [-0.39, 0.29) is 0 Å². The number of hydrogen-bond acceptors (Lipinski definition) is 2. The molecule has 2 aromatic rings. The third-order valence-electron chi connectivity index (χ3n) is 2.02. The summed E-state index contributed by atoms with van der Waals surface area (Å²) in [5.74, 6) is 0. The molecule has 4 heteroatoms. The largest absolute Gasteiger partial charge is 0.329 e. The number of nitrogens with zero attached hydrogens (tertiary/aromatic N) is 4. The van der Waals surface area contributed by atoms with Crippen molar-refractivity contribution >= 4 is 5.65 Å². The molecule has 0 aliphatic carbocycles. The molecule has 0 bridgehead atoms. The van der Waals surface area contributed by atoms with Crippen LogP contribution in [-0.2, 0) is 0 Å². The zero-order chi connectivity index (χ0) is 9.42. The second kappa shape index (κ2) is 2.63. The monoisotopic (exact) mass is 174 g/mol. The first-order valence-corrected chi connectivity index (χ1v) is 4.18. The fraction of sp³-hybridized carbons (Fsp3) is 0.333. The van der Waals surface area contributed by atoms with Gasteiger partial charge < -0.3 is 4.57 Å². The number of aromatic nitrogens is 3. The smallest absolute Gasteiger partial charge is 0.165 e. The van der Waals surface area contributed by atoms with Gasteiger partial charge in [-0.15, -0.1) is 0 Å². The summed E-state index contributed by atoms with van der Waals surface area (Å²) in [6.45, 7) is 4.19. The second-order valence-electron chi connectivity index (χ2n) is 3.24. The van der Waals surface area contributed by atoms with E-state index < -0.39 is 0 Å². The lowest BCUT2D eigenvalue weighted by Crippen LogP contribution is -1.97. The van der Waals surface area contributed by atoms with Crippen molar-refractivity contribution in [3.05, 3.63) is 24.2 Å². The van der Waals surface area contributed by atoms with E-state index in [0.717, 1.165) is 5.65 Å². The molecule has 0 radical (unpaired) electrons. The highest BCUT2D eigenvalue weighted by atomic mass is 15.3. The summed E-state index contributed by atoms with van der Waals surface area (Å²) in [5, 5.41) is 12.7. The van der Waals surface area contributed by atoms with E-state index in [1.165, 1.54) is 0 Å². The van der Waals surface area contributed by atoms with Crippen molar-refractivity contribution in [1.29, 1.82) is 5.26 Å². The molecule has 13 heavy (non-hydrogen) atoms. The van der Waals surface area contributed by atoms with Crippen LogP contribution in [0.3, 0.4) is 0 Å². The summed E-state index contributed by atoms with van der Waals surface area (Å²) in [4.78, 5) is 0. The zero-order valence-corrected chi connectivity index (χ0v) is 7.60. The molecule has 0 fully saturated rings. The second-order valence-corrected chi connectivity index (χ2v) is 3.24. The highest BCUT2D eigenvalue weighted by molar-refractivity contribution is 5.44.